The SMILES string of the molecule is CCC(C)O[PH+]=O.[Mg]. The molecule has 0 rings (SSSR count). The molecule has 2 radical (unpaired) electrons. The van der Waals surface area contributed by atoms with Crippen LogP contribution in [0.15, 0.2) is 0 Å². The van der Waals surface area contributed by atoms with E-state index in [1.54, 1.807) is 0 Å². The fraction of sp³-hybridized carbons (Fsp3) is 1.00. The van der Waals surface area contributed by atoms with Gasteiger partial charge in [0.2, 0.25) is 0 Å². The summed E-state index contributed by atoms with van der Waals surface area (Å²) in [5.74, 6) is 0. The van der Waals surface area contributed by atoms with Crippen molar-refractivity contribution in [2.75, 3.05) is 0 Å². The monoisotopic (exact) mass is 145 g/mol. The van der Waals surface area contributed by atoms with Gasteiger partial charge in [-0.15, -0.1) is 4.52 Å². The van der Waals surface area contributed by atoms with Crippen LogP contribution in [0.4, 0.5) is 0 Å². The highest BCUT2D eigenvalue weighted by Gasteiger charge is 2.00. The molecule has 0 heterocycles. The molecule has 2 unspecified atom stereocenters. The quantitative estimate of drug-likeness (QED) is 0.443. The molecule has 44 valence electrons. The normalized spacial score (nSPS) is 12.8. The van der Waals surface area contributed by atoms with Gasteiger partial charge in [0.1, 0.15) is 6.10 Å². The fourth-order valence-corrected chi connectivity index (χ4v) is 0.496. The Balaban J connectivity index is 0. The van der Waals surface area contributed by atoms with Crippen LogP contribution >= 0.6 is 8.69 Å². The Morgan fingerprint density at radius 1 is 1.75 bits per heavy atom. The van der Waals surface area contributed by atoms with Crippen LogP contribution in [0.2, 0.25) is 0 Å². The Morgan fingerprint density at radius 3 is 2.38 bits per heavy atom. The summed E-state index contributed by atoms with van der Waals surface area (Å²) >= 11 is 0. The first kappa shape index (κ1) is 11.6. The van der Waals surface area contributed by atoms with Gasteiger partial charge in [-0.3, -0.25) is 0 Å². The third-order valence-corrected chi connectivity index (χ3v) is 1.32. The minimum Gasteiger partial charge on any atom is -0.145 e. The molecule has 0 fully saturated rings. The topological polar surface area (TPSA) is 26.3 Å². The largest absolute Gasteiger partial charge is 0.494 e. The van der Waals surface area contributed by atoms with Crippen molar-refractivity contribution in [1.29, 1.82) is 0 Å². The van der Waals surface area contributed by atoms with E-state index in [9.17, 15) is 4.57 Å². The van der Waals surface area contributed by atoms with E-state index in [-0.39, 0.29) is 29.2 Å². The molecule has 8 heavy (non-hydrogen) atoms. The molecule has 0 saturated carbocycles. The third kappa shape index (κ3) is 6.83. The Bertz CT molecular complexity index is 60.0. The third-order valence-electron chi connectivity index (χ3n) is 0.824. The minimum absolute atomic E-state index is 0. The molecule has 0 amide bonds. The fourth-order valence-electron chi connectivity index (χ4n) is 0.165. The van der Waals surface area contributed by atoms with Crippen molar-refractivity contribution in [3.05, 3.63) is 0 Å². The van der Waals surface area contributed by atoms with E-state index in [4.69, 9.17) is 0 Å². The van der Waals surface area contributed by atoms with Gasteiger partial charge in [-0.05, 0) is 17.9 Å². The van der Waals surface area contributed by atoms with Crippen molar-refractivity contribution in [2.24, 2.45) is 0 Å². The molecule has 2 nitrogen and oxygen atoms in total. The van der Waals surface area contributed by atoms with Gasteiger partial charge < -0.3 is 0 Å². The molecular formula is C4H10MgO2P+. The smallest absolute Gasteiger partial charge is 0.145 e. The Labute approximate surface area is 67.4 Å². The number of hydrogen-bond donors (Lipinski definition) is 0. The van der Waals surface area contributed by atoms with E-state index in [1.165, 1.54) is 0 Å². The van der Waals surface area contributed by atoms with Gasteiger partial charge >= 0.3 is 8.69 Å². The van der Waals surface area contributed by atoms with E-state index in [0.717, 1.165) is 6.42 Å². The lowest BCUT2D eigenvalue weighted by Gasteiger charge is -1.92. The standard InChI is InChI=1S/C4H10O2P.Mg/c1-3-4(2)6-7-5;/h4,7H,3H2,1-2H3;/q+1;. The van der Waals surface area contributed by atoms with Gasteiger partial charge in [0, 0.05) is 23.1 Å². The highest BCUT2D eigenvalue weighted by Crippen LogP contribution is 2.03. The molecule has 0 N–H and O–H groups in total. The van der Waals surface area contributed by atoms with Gasteiger partial charge in [0.15, 0.2) is 0 Å². The maximum atomic E-state index is 9.70. The van der Waals surface area contributed by atoms with E-state index in [2.05, 4.69) is 4.52 Å². The van der Waals surface area contributed by atoms with Gasteiger partial charge in [0.05, 0.1) is 0 Å². The van der Waals surface area contributed by atoms with E-state index in [0.29, 0.717) is 0 Å². The van der Waals surface area contributed by atoms with Crippen LogP contribution in [-0.4, -0.2) is 29.2 Å². The summed E-state index contributed by atoms with van der Waals surface area (Å²) in [5.41, 5.74) is 0. The first-order valence-electron chi connectivity index (χ1n) is 2.34. The summed E-state index contributed by atoms with van der Waals surface area (Å²) in [6.45, 7) is 3.88. The molecule has 0 aromatic heterocycles. The highest BCUT2D eigenvalue weighted by atomic mass is 31.1. The Hall–Kier alpha value is 0.826. The lowest BCUT2D eigenvalue weighted by molar-refractivity contribution is 0.240. The van der Waals surface area contributed by atoms with Crippen LogP contribution in [0.25, 0.3) is 0 Å². The molecule has 0 aromatic rings. The van der Waals surface area contributed by atoms with Gasteiger partial charge in [-0.25, -0.2) is 0 Å². The number of rotatable bonds is 3. The molecule has 0 aliphatic carbocycles. The van der Waals surface area contributed by atoms with Crippen LogP contribution in [0.3, 0.4) is 0 Å². The predicted octanol–water partition coefficient (Wildman–Crippen LogP) is 1.36. The van der Waals surface area contributed by atoms with Crippen molar-refractivity contribution < 1.29 is 9.09 Å². The van der Waals surface area contributed by atoms with E-state index >= 15 is 0 Å². The van der Waals surface area contributed by atoms with Crippen LogP contribution in [0.5, 0.6) is 0 Å². The molecule has 0 aliphatic heterocycles. The van der Waals surface area contributed by atoms with Crippen LogP contribution in [0, 0.1) is 0 Å². The lowest BCUT2D eigenvalue weighted by Crippen LogP contribution is -1.96. The van der Waals surface area contributed by atoms with Crippen molar-refractivity contribution in [1.82, 2.24) is 0 Å². The molecular weight excluding hydrogens is 135 g/mol. The minimum atomic E-state index is -0.605. The molecule has 0 bridgehead atoms. The molecule has 0 spiro atoms. The zero-order valence-electron chi connectivity index (χ0n) is 5.31. The first-order valence-corrected chi connectivity index (χ1v) is 3.15. The van der Waals surface area contributed by atoms with Crippen molar-refractivity contribution in [2.45, 2.75) is 26.4 Å². The summed E-state index contributed by atoms with van der Waals surface area (Å²) in [7, 11) is -0.605. The molecule has 2 atom stereocenters. The highest BCUT2D eigenvalue weighted by molar-refractivity contribution is 7.17. The molecule has 0 aliphatic rings. The van der Waals surface area contributed by atoms with Gasteiger partial charge in [-0.1, -0.05) is 6.92 Å². The first-order chi connectivity index (χ1) is 3.31. The van der Waals surface area contributed by atoms with Crippen molar-refractivity contribution >= 4 is 31.7 Å². The summed E-state index contributed by atoms with van der Waals surface area (Å²) in [6.07, 6.45) is 1.07. The maximum absolute atomic E-state index is 9.70. The summed E-state index contributed by atoms with van der Waals surface area (Å²) < 4.78 is 14.4. The predicted molar refractivity (Wildman–Crippen MR) is 35.6 cm³/mol. The van der Waals surface area contributed by atoms with Crippen LogP contribution in [-0.2, 0) is 9.09 Å². The van der Waals surface area contributed by atoms with Crippen LogP contribution < -0.4 is 0 Å². The Morgan fingerprint density at radius 2 is 2.25 bits per heavy atom. The Kier molecular flexibility index (Phi) is 11.3. The van der Waals surface area contributed by atoms with Crippen molar-refractivity contribution in [3.8, 4) is 0 Å². The molecule has 4 heteroatoms. The molecule has 0 aromatic carbocycles. The summed E-state index contributed by atoms with van der Waals surface area (Å²) in [4.78, 5) is 0. The van der Waals surface area contributed by atoms with Gasteiger partial charge in [-0.2, -0.15) is 0 Å². The van der Waals surface area contributed by atoms with Crippen LogP contribution in [0.1, 0.15) is 20.3 Å². The van der Waals surface area contributed by atoms with E-state index in [1.807, 2.05) is 13.8 Å². The van der Waals surface area contributed by atoms with Gasteiger partial charge in [0.25, 0.3) is 0 Å². The number of hydrogen-bond acceptors (Lipinski definition) is 2. The molecule has 0 saturated heterocycles. The summed E-state index contributed by atoms with van der Waals surface area (Å²) in [5, 5.41) is 0. The average Bonchev–Trinajstić information content (AvgIpc) is 1.68. The summed E-state index contributed by atoms with van der Waals surface area (Å²) in [6, 6.07) is 0. The maximum Gasteiger partial charge on any atom is 0.494 e. The lowest BCUT2D eigenvalue weighted by atomic mass is 10.3. The zero-order chi connectivity index (χ0) is 5.70. The average molecular weight is 145 g/mol. The van der Waals surface area contributed by atoms with Crippen molar-refractivity contribution in [3.63, 3.8) is 0 Å². The van der Waals surface area contributed by atoms with E-state index < -0.39 is 8.69 Å². The zero-order valence-corrected chi connectivity index (χ0v) is 7.72. The second kappa shape index (κ2) is 7.83. The second-order valence-corrected chi connectivity index (χ2v) is 1.82. The second-order valence-electron chi connectivity index (χ2n) is 1.42.